The number of allylic oxidation sites excluding steroid dienone is 2. The molecule has 0 aliphatic heterocycles. The molecule has 0 unspecified atom stereocenters. The first-order valence-corrected chi connectivity index (χ1v) is 11.5. The molecule has 0 spiro atoms. The SMILES string of the molecule is CC1(C)CCC(C)(C)c2cc3cc(/C=C(/C=C\C(=O)O)c4cccc(C(=O)O)c4)ccc3cc21. The second kappa shape index (κ2) is 8.60. The highest BCUT2D eigenvalue weighted by molar-refractivity contribution is 5.96. The number of aromatic carboxylic acids is 1. The topological polar surface area (TPSA) is 74.6 Å². The van der Waals surface area contributed by atoms with Crippen molar-refractivity contribution in [2.24, 2.45) is 0 Å². The van der Waals surface area contributed by atoms with E-state index in [9.17, 15) is 14.7 Å². The highest BCUT2D eigenvalue weighted by Crippen LogP contribution is 2.47. The normalized spacial score (nSPS) is 17.0. The Labute approximate surface area is 200 Å². The maximum atomic E-state index is 11.4. The summed E-state index contributed by atoms with van der Waals surface area (Å²) in [7, 11) is 0. The summed E-state index contributed by atoms with van der Waals surface area (Å²) in [4.78, 5) is 22.6. The van der Waals surface area contributed by atoms with Crippen LogP contribution in [-0.2, 0) is 15.6 Å². The number of rotatable bonds is 5. The second-order valence-corrected chi connectivity index (χ2v) is 10.4. The number of carboxylic acids is 2. The zero-order chi connectivity index (χ0) is 24.7. The molecule has 34 heavy (non-hydrogen) atoms. The van der Waals surface area contributed by atoms with E-state index in [1.54, 1.807) is 18.2 Å². The van der Waals surface area contributed by atoms with Gasteiger partial charge in [0.15, 0.2) is 0 Å². The lowest BCUT2D eigenvalue weighted by molar-refractivity contribution is -0.131. The third-order valence-corrected chi connectivity index (χ3v) is 7.00. The van der Waals surface area contributed by atoms with Crippen molar-refractivity contribution < 1.29 is 19.8 Å². The van der Waals surface area contributed by atoms with E-state index in [0.717, 1.165) is 29.9 Å². The highest BCUT2D eigenvalue weighted by atomic mass is 16.4. The predicted molar refractivity (Wildman–Crippen MR) is 137 cm³/mol. The van der Waals surface area contributed by atoms with Gasteiger partial charge >= 0.3 is 11.9 Å². The molecule has 1 aliphatic carbocycles. The van der Waals surface area contributed by atoms with Crippen LogP contribution in [0.2, 0.25) is 0 Å². The maximum absolute atomic E-state index is 11.4. The number of fused-ring (bicyclic) bond motifs is 2. The van der Waals surface area contributed by atoms with Crippen LogP contribution in [0.3, 0.4) is 0 Å². The van der Waals surface area contributed by atoms with Gasteiger partial charge in [-0.05, 0) is 92.6 Å². The molecule has 0 radical (unpaired) electrons. The summed E-state index contributed by atoms with van der Waals surface area (Å²) in [5.74, 6) is -2.08. The van der Waals surface area contributed by atoms with Crippen molar-refractivity contribution >= 4 is 34.4 Å². The van der Waals surface area contributed by atoms with Gasteiger partial charge in [0.05, 0.1) is 5.56 Å². The van der Waals surface area contributed by atoms with Crippen LogP contribution in [0.1, 0.15) is 73.1 Å². The van der Waals surface area contributed by atoms with E-state index in [-0.39, 0.29) is 16.4 Å². The molecule has 0 saturated heterocycles. The number of hydrogen-bond acceptors (Lipinski definition) is 2. The summed E-state index contributed by atoms with van der Waals surface area (Å²) >= 11 is 0. The minimum absolute atomic E-state index is 0.109. The van der Waals surface area contributed by atoms with Gasteiger partial charge in [-0.25, -0.2) is 9.59 Å². The van der Waals surface area contributed by atoms with E-state index in [2.05, 4.69) is 52.0 Å². The standard InChI is InChI=1S/C30H30O4/c1-29(2)12-13-30(3,4)26-18-24-15-19(8-9-22(24)17-25(26)29)14-21(10-11-27(31)32)20-6-5-7-23(16-20)28(33)34/h5-11,14-18H,12-13H2,1-4H3,(H,31,32)(H,33,34)/b11-10-,21-14-. The Balaban J connectivity index is 1.85. The lowest BCUT2D eigenvalue weighted by Gasteiger charge is -2.42. The van der Waals surface area contributed by atoms with Crippen LogP contribution in [0.15, 0.2) is 66.7 Å². The Kier molecular flexibility index (Phi) is 5.94. The lowest BCUT2D eigenvalue weighted by Crippen LogP contribution is -2.33. The Morgan fingerprint density at radius 2 is 1.38 bits per heavy atom. The van der Waals surface area contributed by atoms with Crippen LogP contribution in [-0.4, -0.2) is 22.2 Å². The second-order valence-electron chi connectivity index (χ2n) is 10.4. The first-order valence-electron chi connectivity index (χ1n) is 11.5. The van der Waals surface area contributed by atoms with Gasteiger partial charge in [-0.2, -0.15) is 0 Å². The number of benzene rings is 3. The third kappa shape index (κ3) is 4.67. The van der Waals surface area contributed by atoms with Crippen LogP contribution >= 0.6 is 0 Å². The van der Waals surface area contributed by atoms with Gasteiger partial charge in [-0.3, -0.25) is 0 Å². The van der Waals surface area contributed by atoms with Crippen LogP contribution in [0.4, 0.5) is 0 Å². The monoisotopic (exact) mass is 454 g/mol. The van der Waals surface area contributed by atoms with Gasteiger partial charge in [-0.1, -0.05) is 64.1 Å². The molecule has 4 heteroatoms. The Morgan fingerprint density at radius 3 is 2.00 bits per heavy atom. The Morgan fingerprint density at radius 1 is 0.765 bits per heavy atom. The van der Waals surface area contributed by atoms with Crippen molar-refractivity contribution in [1.29, 1.82) is 0 Å². The van der Waals surface area contributed by atoms with Crippen LogP contribution in [0.25, 0.3) is 22.4 Å². The van der Waals surface area contributed by atoms with Crippen LogP contribution in [0.5, 0.6) is 0 Å². The molecule has 0 amide bonds. The summed E-state index contributed by atoms with van der Waals surface area (Å²) in [5.41, 5.74) is 5.40. The van der Waals surface area contributed by atoms with E-state index in [1.807, 2.05) is 12.1 Å². The zero-order valence-electron chi connectivity index (χ0n) is 20.1. The van der Waals surface area contributed by atoms with Gasteiger partial charge in [0.2, 0.25) is 0 Å². The zero-order valence-corrected chi connectivity index (χ0v) is 20.1. The minimum atomic E-state index is -1.06. The summed E-state index contributed by atoms with van der Waals surface area (Å²) in [6.45, 7) is 9.24. The summed E-state index contributed by atoms with van der Waals surface area (Å²) < 4.78 is 0. The molecular weight excluding hydrogens is 424 g/mol. The average molecular weight is 455 g/mol. The molecule has 2 N–H and O–H groups in total. The average Bonchev–Trinajstić information content (AvgIpc) is 2.79. The van der Waals surface area contributed by atoms with E-state index >= 15 is 0 Å². The van der Waals surface area contributed by atoms with E-state index < -0.39 is 11.9 Å². The lowest BCUT2D eigenvalue weighted by atomic mass is 9.63. The van der Waals surface area contributed by atoms with Crippen molar-refractivity contribution in [3.8, 4) is 0 Å². The molecule has 0 fully saturated rings. The van der Waals surface area contributed by atoms with Crippen LogP contribution < -0.4 is 0 Å². The Bertz CT molecular complexity index is 1360. The van der Waals surface area contributed by atoms with Gasteiger partial charge in [0.1, 0.15) is 0 Å². The van der Waals surface area contributed by atoms with Crippen molar-refractivity contribution in [3.63, 3.8) is 0 Å². The molecule has 4 rings (SSSR count). The molecule has 1 aliphatic rings. The first kappa shape index (κ1) is 23.5. The van der Waals surface area contributed by atoms with Crippen LogP contribution in [0, 0.1) is 0 Å². The van der Waals surface area contributed by atoms with Gasteiger partial charge < -0.3 is 10.2 Å². The molecule has 174 valence electrons. The van der Waals surface area contributed by atoms with Crippen molar-refractivity contribution in [3.05, 3.63) is 94.6 Å². The fourth-order valence-corrected chi connectivity index (χ4v) is 4.82. The van der Waals surface area contributed by atoms with Crippen molar-refractivity contribution in [1.82, 2.24) is 0 Å². The summed E-state index contributed by atoms with van der Waals surface area (Å²) in [6, 6.07) is 17.4. The smallest absolute Gasteiger partial charge is 0.335 e. The van der Waals surface area contributed by atoms with Gasteiger partial charge in [-0.15, -0.1) is 0 Å². The summed E-state index contributed by atoms with van der Waals surface area (Å²) in [6.07, 6.45) is 6.78. The largest absolute Gasteiger partial charge is 0.478 e. The summed E-state index contributed by atoms with van der Waals surface area (Å²) in [5, 5.41) is 20.8. The quantitative estimate of drug-likeness (QED) is 0.246. The van der Waals surface area contributed by atoms with E-state index in [0.29, 0.717) is 11.1 Å². The molecule has 3 aromatic carbocycles. The molecule has 0 heterocycles. The fraction of sp³-hybridized carbons (Fsp3) is 0.267. The molecule has 0 bridgehead atoms. The molecule has 4 nitrogen and oxygen atoms in total. The van der Waals surface area contributed by atoms with E-state index in [4.69, 9.17) is 5.11 Å². The minimum Gasteiger partial charge on any atom is -0.478 e. The number of carboxylic acid groups (broad SMARTS) is 2. The number of hydrogen-bond donors (Lipinski definition) is 2. The molecular formula is C30H30O4. The predicted octanol–water partition coefficient (Wildman–Crippen LogP) is 7.07. The first-order chi connectivity index (χ1) is 16.0. The van der Waals surface area contributed by atoms with E-state index in [1.165, 1.54) is 28.7 Å². The number of aliphatic carboxylic acids is 1. The van der Waals surface area contributed by atoms with Gasteiger partial charge in [0, 0.05) is 6.08 Å². The molecule has 0 saturated carbocycles. The molecule has 3 aromatic rings. The maximum Gasteiger partial charge on any atom is 0.335 e. The number of carbonyl (C=O) groups is 2. The van der Waals surface area contributed by atoms with Crippen molar-refractivity contribution in [2.45, 2.75) is 51.4 Å². The highest BCUT2D eigenvalue weighted by Gasteiger charge is 2.37. The Hall–Kier alpha value is -3.66. The fourth-order valence-electron chi connectivity index (χ4n) is 4.82. The third-order valence-electron chi connectivity index (χ3n) is 7.00. The van der Waals surface area contributed by atoms with Crippen molar-refractivity contribution in [2.75, 3.05) is 0 Å². The van der Waals surface area contributed by atoms with Gasteiger partial charge in [0.25, 0.3) is 0 Å². The molecule has 0 atom stereocenters. The molecule has 0 aromatic heterocycles.